The van der Waals surface area contributed by atoms with E-state index in [0.29, 0.717) is 24.0 Å². The van der Waals surface area contributed by atoms with Gasteiger partial charge in [-0.3, -0.25) is 0 Å². The van der Waals surface area contributed by atoms with E-state index in [1.54, 1.807) is 24.3 Å². The Kier molecular flexibility index (Phi) is 96.3. The van der Waals surface area contributed by atoms with Crippen LogP contribution in [-0.4, -0.2) is 74.8 Å². The van der Waals surface area contributed by atoms with Crippen LogP contribution in [0.25, 0.3) is 0 Å². The molecule has 0 radical (unpaired) electrons. The monoisotopic (exact) mass is 1800 g/mol. The molecule has 0 fully saturated rings. The van der Waals surface area contributed by atoms with E-state index < -0.39 is 20.2 Å². The van der Waals surface area contributed by atoms with Crippen LogP contribution in [0.5, 0.6) is 0 Å². The number of unbranched alkanes of at least 4 members (excludes halogenated alkanes) is 90. The van der Waals surface area contributed by atoms with Crippen LogP contribution < -0.4 is 0 Å². The molecule has 0 atom stereocenters. The third-order valence-electron chi connectivity index (χ3n) is 26.1. The van der Waals surface area contributed by atoms with Crippen molar-refractivity contribution in [3.8, 4) is 0 Å². The summed E-state index contributed by atoms with van der Waals surface area (Å²) in [6.07, 6.45) is 133. The molecule has 0 saturated carbocycles. The third-order valence-corrected chi connectivity index (χ3v) is 28.0. The zero-order valence-corrected chi connectivity index (χ0v) is 85.1. The minimum atomic E-state index is -4.37. The maximum Gasteiger partial charge on any atom is 2.00 e. The average Bonchev–Trinajstić information content (AvgIpc) is 0.845. The van der Waals surface area contributed by atoms with E-state index in [0.717, 1.165) is 25.7 Å². The number of benzene rings is 2. The molecular formula is C108H202BaO6S2. The van der Waals surface area contributed by atoms with Crippen molar-refractivity contribution in [1.82, 2.24) is 0 Å². The standard InChI is InChI=1S/2C54H102O3S.Ba/c2*1-2-3-4-5-6-7-8-9-10-11-12-13-14-15-16-17-18-19-20-21-22-23-24-25-26-27-28-29-30-31-32-33-34-35-36-37-38-39-40-41-42-43-44-45-46-47-50-53-51-48-49-52-54(53)58(55,56)57;/h2*48-49,51-52H,2-47,50H2,1H3,(H,55,56,57);/q;;+2/p-2. The zero-order valence-electron chi connectivity index (χ0n) is 79.1. The van der Waals surface area contributed by atoms with Crippen LogP contribution in [0.3, 0.4) is 0 Å². The summed E-state index contributed by atoms with van der Waals surface area (Å²) in [7, 11) is -8.74. The van der Waals surface area contributed by atoms with Gasteiger partial charge >= 0.3 is 48.9 Å². The van der Waals surface area contributed by atoms with Crippen LogP contribution >= 0.6 is 0 Å². The Bertz CT molecular complexity index is 2280. The fraction of sp³-hybridized carbons (Fsp3) is 0.889. The molecule has 9 heteroatoms. The van der Waals surface area contributed by atoms with Crippen LogP contribution in [0.2, 0.25) is 0 Å². The van der Waals surface area contributed by atoms with E-state index in [1.807, 2.05) is 12.1 Å². The van der Waals surface area contributed by atoms with Gasteiger partial charge in [0.25, 0.3) is 0 Å². The van der Waals surface area contributed by atoms with Crippen molar-refractivity contribution in [2.24, 2.45) is 0 Å². The fourth-order valence-electron chi connectivity index (χ4n) is 18.2. The van der Waals surface area contributed by atoms with Gasteiger partial charge in [-0.2, -0.15) is 0 Å². The molecule has 0 N–H and O–H groups in total. The van der Waals surface area contributed by atoms with E-state index in [1.165, 1.54) is 577 Å². The molecular weight excluding hydrogens is 1590 g/mol. The Balaban J connectivity index is 0.00000228. The summed E-state index contributed by atoms with van der Waals surface area (Å²) in [6, 6.07) is 13.3. The second kappa shape index (κ2) is 96.5. The maximum atomic E-state index is 11.4. The normalized spacial score (nSPS) is 11.8. The average molecular weight is 1800 g/mol. The molecule has 684 valence electrons. The van der Waals surface area contributed by atoms with Gasteiger partial charge in [0, 0.05) is 0 Å². The Morgan fingerprint density at radius 1 is 0.162 bits per heavy atom. The first-order valence-electron chi connectivity index (χ1n) is 53.2. The van der Waals surface area contributed by atoms with Gasteiger partial charge in [0.15, 0.2) is 0 Å². The first-order valence-corrected chi connectivity index (χ1v) is 56.0. The van der Waals surface area contributed by atoms with Crippen LogP contribution in [-0.2, 0) is 33.1 Å². The van der Waals surface area contributed by atoms with Crippen LogP contribution in [0.4, 0.5) is 0 Å². The predicted octanol–water partition coefficient (Wildman–Crippen LogP) is 37.8. The molecule has 0 aliphatic carbocycles. The van der Waals surface area contributed by atoms with Crippen molar-refractivity contribution >= 4 is 69.1 Å². The first kappa shape index (κ1) is 117. The van der Waals surface area contributed by atoms with E-state index in [4.69, 9.17) is 0 Å². The van der Waals surface area contributed by atoms with Gasteiger partial charge in [-0.1, -0.05) is 628 Å². The van der Waals surface area contributed by atoms with Gasteiger partial charge in [-0.25, -0.2) is 16.8 Å². The van der Waals surface area contributed by atoms with Gasteiger partial charge in [-0.05, 0) is 48.9 Å². The Morgan fingerprint density at radius 2 is 0.256 bits per heavy atom. The van der Waals surface area contributed by atoms with Crippen molar-refractivity contribution in [3.63, 3.8) is 0 Å². The minimum Gasteiger partial charge on any atom is -0.744 e. The Hall–Kier alpha value is -0.169. The smallest absolute Gasteiger partial charge is 0.744 e. The summed E-state index contributed by atoms with van der Waals surface area (Å²) in [5.74, 6) is 0. The molecule has 0 aliphatic rings. The van der Waals surface area contributed by atoms with Gasteiger partial charge < -0.3 is 9.11 Å². The van der Waals surface area contributed by atoms with Crippen LogP contribution in [0.1, 0.15) is 616 Å². The Labute approximate surface area is 774 Å². The third kappa shape index (κ3) is 89.0. The molecule has 0 unspecified atom stereocenters. The molecule has 117 heavy (non-hydrogen) atoms. The molecule has 2 aromatic rings. The van der Waals surface area contributed by atoms with Gasteiger partial charge in [0.1, 0.15) is 20.2 Å². The van der Waals surface area contributed by atoms with Crippen molar-refractivity contribution in [2.45, 2.75) is 627 Å². The molecule has 0 saturated heterocycles. The van der Waals surface area contributed by atoms with E-state index >= 15 is 0 Å². The predicted molar refractivity (Wildman–Crippen MR) is 518 cm³/mol. The first-order chi connectivity index (χ1) is 57.1. The van der Waals surface area contributed by atoms with Gasteiger partial charge in [0.2, 0.25) is 0 Å². The van der Waals surface area contributed by atoms with Crippen molar-refractivity contribution in [2.75, 3.05) is 0 Å². The summed E-state index contributed by atoms with van der Waals surface area (Å²) >= 11 is 0. The molecule has 2 aromatic carbocycles. The number of aryl methyl sites for hydroxylation is 2. The number of hydrogen-bond donors (Lipinski definition) is 0. The second-order valence-corrected chi connectivity index (χ2v) is 40.1. The molecule has 6 nitrogen and oxygen atoms in total. The summed E-state index contributed by atoms with van der Waals surface area (Å²) in [6.45, 7) is 4.61. The molecule has 0 aromatic heterocycles. The summed E-state index contributed by atoms with van der Waals surface area (Å²) in [4.78, 5) is -0.0791. The summed E-state index contributed by atoms with van der Waals surface area (Å²) in [5.41, 5.74) is 1.35. The van der Waals surface area contributed by atoms with Crippen LogP contribution in [0.15, 0.2) is 58.3 Å². The largest absolute Gasteiger partial charge is 2.00 e. The van der Waals surface area contributed by atoms with Crippen LogP contribution in [0, 0.1) is 0 Å². The molecule has 0 bridgehead atoms. The Morgan fingerprint density at radius 3 is 0.359 bits per heavy atom. The number of hydrogen-bond acceptors (Lipinski definition) is 6. The van der Waals surface area contributed by atoms with Gasteiger partial charge in [0.05, 0.1) is 9.79 Å². The molecule has 0 heterocycles. The molecule has 0 aliphatic heterocycles. The molecule has 0 spiro atoms. The zero-order chi connectivity index (χ0) is 83.4. The second-order valence-electron chi connectivity index (χ2n) is 37.4. The maximum absolute atomic E-state index is 11.4. The van der Waals surface area contributed by atoms with Crippen molar-refractivity contribution in [3.05, 3.63) is 59.7 Å². The summed E-state index contributed by atoms with van der Waals surface area (Å²) < 4.78 is 68.5. The number of rotatable bonds is 96. The van der Waals surface area contributed by atoms with Crippen molar-refractivity contribution in [1.29, 1.82) is 0 Å². The quantitative estimate of drug-likeness (QED) is 0.0370. The molecule has 2 rings (SSSR count). The molecule has 0 amide bonds. The topological polar surface area (TPSA) is 114 Å². The van der Waals surface area contributed by atoms with E-state index in [2.05, 4.69) is 13.8 Å². The van der Waals surface area contributed by atoms with E-state index in [-0.39, 0.29) is 58.7 Å². The minimum absolute atomic E-state index is 0. The van der Waals surface area contributed by atoms with E-state index in [9.17, 15) is 25.9 Å². The SMILES string of the molecule is CCCCCCCCCCCCCCCCCCCCCCCCCCCCCCCCCCCCCCCCCCCCCCCCc1ccccc1S(=O)(=O)[O-].CCCCCCCCCCCCCCCCCCCCCCCCCCCCCCCCCCCCCCCCCCCCCCCCc1ccccc1S(=O)(=O)[O-].[Ba+2]. The fourth-order valence-corrected chi connectivity index (χ4v) is 19.7. The van der Waals surface area contributed by atoms with Crippen molar-refractivity contribution < 1.29 is 25.9 Å². The summed E-state index contributed by atoms with van der Waals surface area (Å²) in [5, 5.41) is 0. The van der Waals surface area contributed by atoms with Gasteiger partial charge in [-0.15, -0.1) is 0 Å².